The van der Waals surface area contributed by atoms with E-state index in [1.165, 1.54) is 12.7 Å². The summed E-state index contributed by atoms with van der Waals surface area (Å²) in [6.45, 7) is 2.49. The molecule has 1 amide bonds. The number of carbonyl (C=O) groups is 2. The molecule has 0 saturated carbocycles. The first kappa shape index (κ1) is 19.4. The third kappa shape index (κ3) is 5.31. The molecule has 0 aromatic heterocycles. The minimum absolute atomic E-state index is 0.0159. The number of benzene rings is 2. The van der Waals surface area contributed by atoms with Crippen molar-refractivity contribution < 1.29 is 14.3 Å². The summed E-state index contributed by atoms with van der Waals surface area (Å²) >= 11 is 5.94. The summed E-state index contributed by atoms with van der Waals surface area (Å²) in [5.74, 6) is -0.511. The van der Waals surface area contributed by atoms with E-state index in [1.807, 2.05) is 24.3 Å². The zero-order chi connectivity index (χ0) is 19.2. The number of anilines is 1. The molecule has 0 aliphatic carbocycles. The SMILES string of the molecule is COC(=O)c1cccc(NC(=O)C2CCCN(Cc3ccc(Cl)cc3)C2)c1. The van der Waals surface area contributed by atoms with Gasteiger partial charge in [-0.25, -0.2) is 4.79 Å². The number of likely N-dealkylation sites (tertiary alicyclic amines) is 1. The maximum Gasteiger partial charge on any atom is 0.337 e. The van der Waals surface area contributed by atoms with E-state index in [4.69, 9.17) is 16.3 Å². The summed E-state index contributed by atoms with van der Waals surface area (Å²) in [4.78, 5) is 26.6. The molecule has 5 nitrogen and oxygen atoms in total. The molecule has 142 valence electrons. The molecule has 0 bridgehead atoms. The zero-order valence-corrected chi connectivity index (χ0v) is 16.0. The van der Waals surface area contributed by atoms with Crippen LogP contribution >= 0.6 is 11.6 Å². The van der Waals surface area contributed by atoms with E-state index in [1.54, 1.807) is 24.3 Å². The van der Waals surface area contributed by atoms with Gasteiger partial charge in [-0.05, 0) is 55.3 Å². The third-order valence-electron chi connectivity index (χ3n) is 4.75. The number of amides is 1. The van der Waals surface area contributed by atoms with Crippen molar-refractivity contribution in [3.8, 4) is 0 Å². The molecule has 6 heteroatoms. The van der Waals surface area contributed by atoms with Crippen LogP contribution in [0, 0.1) is 5.92 Å². The van der Waals surface area contributed by atoms with Gasteiger partial charge in [0, 0.05) is 23.8 Å². The van der Waals surface area contributed by atoms with Crippen LogP contribution in [0.3, 0.4) is 0 Å². The Balaban J connectivity index is 1.59. The first-order valence-corrected chi connectivity index (χ1v) is 9.39. The lowest BCUT2D eigenvalue weighted by atomic mass is 9.96. The Hall–Kier alpha value is -2.37. The van der Waals surface area contributed by atoms with Gasteiger partial charge in [-0.1, -0.05) is 29.8 Å². The van der Waals surface area contributed by atoms with Crippen molar-refractivity contribution in [2.24, 2.45) is 5.92 Å². The molecule has 1 aliphatic heterocycles. The molecule has 3 rings (SSSR count). The standard InChI is InChI=1S/C21H23ClN2O3/c1-27-21(26)16-4-2-6-19(12-16)23-20(25)17-5-3-11-24(14-17)13-15-7-9-18(22)10-8-15/h2,4,6-10,12,17H,3,5,11,13-14H2,1H3,(H,23,25). The quantitative estimate of drug-likeness (QED) is 0.790. The van der Waals surface area contributed by atoms with Crippen molar-refractivity contribution in [1.82, 2.24) is 4.90 Å². The Kier molecular flexibility index (Phi) is 6.48. The fourth-order valence-corrected chi connectivity index (χ4v) is 3.47. The molecule has 1 unspecified atom stereocenters. The lowest BCUT2D eigenvalue weighted by Crippen LogP contribution is -2.40. The fourth-order valence-electron chi connectivity index (χ4n) is 3.35. The molecule has 1 fully saturated rings. The number of methoxy groups -OCH3 is 1. The molecule has 0 spiro atoms. The van der Waals surface area contributed by atoms with Crippen molar-refractivity contribution in [3.63, 3.8) is 0 Å². The Morgan fingerprint density at radius 2 is 2.00 bits per heavy atom. The van der Waals surface area contributed by atoms with E-state index >= 15 is 0 Å². The van der Waals surface area contributed by atoms with Crippen LogP contribution in [-0.4, -0.2) is 37.0 Å². The molecular weight excluding hydrogens is 364 g/mol. The highest BCUT2D eigenvalue weighted by Gasteiger charge is 2.26. The summed E-state index contributed by atoms with van der Waals surface area (Å²) < 4.78 is 4.72. The number of nitrogens with zero attached hydrogens (tertiary/aromatic N) is 1. The molecule has 1 heterocycles. The van der Waals surface area contributed by atoms with Gasteiger partial charge in [0.2, 0.25) is 5.91 Å². The van der Waals surface area contributed by atoms with E-state index in [2.05, 4.69) is 10.2 Å². The predicted octanol–water partition coefficient (Wildman–Crippen LogP) is 3.98. The maximum atomic E-state index is 12.7. The Labute approximate surface area is 164 Å². The average Bonchev–Trinajstić information content (AvgIpc) is 2.69. The van der Waals surface area contributed by atoms with Crippen LogP contribution < -0.4 is 5.32 Å². The van der Waals surface area contributed by atoms with Gasteiger partial charge in [-0.3, -0.25) is 9.69 Å². The summed E-state index contributed by atoms with van der Waals surface area (Å²) in [6.07, 6.45) is 1.84. The number of nitrogens with one attached hydrogen (secondary N) is 1. The van der Waals surface area contributed by atoms with Crippen LogP contribution in [0.5, 0.6) is 0 Å². The molecule has 1 atom stereocenters. The zero-order valence-electron chi connectivity index (χ0n) is 15.3. The highest BCUT2D eigenvalue weighted by Crippen LogP contribution is 2.21. The Bertz CT molecular complexity index is 807. The van der Waals surface area contributed by atoms with Crippen LogP contribution in [0.15, 0.2) is 48.5 Å². The van der Waals surface area contributed by atoms with Crippen LogP contribution in [-0.2, 0) is 16.1 Å². The highest BCUT2D eigenvalue weighted by atomic mass is 35.5. The molecule has 1 aliphatic rings. The first-order chi connectivity index (χ1) is 13.0. The van der Waals surface area contributed by atoms with Crippen molar-refractivity contribution in [2.75, 3.05) is 25.5 Å². The lowest BCUT2D eigenvalue weighted by molar-refractivity contribution is -0.121. The van der Waals surface area contributed by atoms with Crippen molar-refractivity contribution in [1.29, 1.82) is 0 Å². The Morgan fingerprint density at radius 3 is 2.74 bits per heavy atom. The second kappa shape index (κ2) is 9.02. The van der Waals surface area contributed by atoms with E-state index in [0.717, 1.165) is 31.0 Å². The van der Waals surface area contributed by atoms with E-state index in [0.29, 0.717) is 17.8 Å². The first-order valence-electron chi connectivity index (χ1n) is 9.01. The van der Waals surface area contributed by atoms with Gasteiger partial charge in [0.05, 0.1) is 18.6 Å². The molecule has 1 saturated heterocycles. The minimum atomic E-state index is -0.419. The van der Waals surface area contributed by atoms with Gasteiger partial charge in [0.15, 0.2) is 0 Å². The molecule has 0 radical (unpaired) electrons. The van der Waals surface area contributed by atoms with Gasteiger partial charge in [-0.15, -0.1) is 0 Å². The number of hydrogen-bond donors (Lipinski definition) is 1. The number of piperidine rings is 1. The summed E-state index contributed by atoms with van der Waals surface area (Å²) in [5, 5.41) is 3.66. The van der Waals surface area contributed by atoms with Crippen molar-refractivity contribution >= 4 is 29.2 Å². The fraction of sp³-hybridized carbons (Fsp3) is 0.333. The van der Waals surface area contributed by atoms with Gasteiger partial charge >= 0.3 is 5.97 Å². The number of carbonyl (C=O) groups excluding carboxylic acids is 2. The van der Waals surface area contributed by atoms with Gasteiger partial charge in [-0.2, -0.15) is 0 Å². The molecular formula is C21H23ClN2O3. The number of ether oxygens (including phenoxy) is 1. The van der Waals surface area contributed by atoms with Gasteiger partial charge in [0.1, 0.15) is 0 Å². The monoisotopic (exact) mass is 386 g/mol. The number of halogens is 1. The number of hydrogen-bond acceptors (Lipinski definition) is 4. The second-order valence-electron chi connectivity index (χ2n) is 6.76. The molecule has 2 aromatic carbocycles. The van der Waals surface area contributed by atoms with Gasteiger partial charge < -0.3 is 10.1 Å². The van der Waals surface area contributed by atoms with Crippen molar-refractivity contribution in [2.45, 2.75) is 19.4 Å². The Morgan fingerprint density at radius 1 is 1.22 bits per heavy atom. The maximum absolute atomic E-state index is 12.7. The topological polar surface area (TPSA) is 58.6 Å². The van der Waals surface area contributed by atoms with Gasteiger partial charge in [0.25, 0.3) is 0 Å². The van der Waals surface area contributed by atoms with Crippen LogP contribution in [0.1, 0.15) is 28.8 Å². The second-order valence-corrected chi connectivity index (χ2v) is 7.20. The predicted molar refractivity (Wildman–Crippen MR) is 106 cm³/mol. The molecule has 27 heavy (non-hydrogen) atoms. The smallest absolute Gasteiger partial charge is 0.337 e. The van der Waals surface area contributed by atoms with Crippen LogP contribution in [0.2, 0.25) is 5.02 Å². The minimum Gasteiger partial charge on any atom is -0.465 e. The van der Waals surface area contributed by atoms with Crippen molar-refractivity contribution in [3.05, 3.63) is 64.7 Å². The average molecular weight is 387 g/mol. The highest BCUT2D eigenvalue weighted by molar-refractivity contribution is 6.30. The summed E-state index contributed by atoms with van der Waals surface area (Å²) in [6, 6.07) is 14.6. The molecule has 1 N–H and O–H groups in total. The summed E-state index contributed by atoms with van der Waals surface area (Å²) in [5.41, 5.74) is 2.22. The van der Waals surface area contributed by atoms with E-state index in [-0.39, 0.29) is 11.8 Å². The summed E-state index contributed by atoms with van der Waals surface area (Å²) in [7, 11) is 1.34. The van der Waals surface area contributed by atoms with Crippen LogP contribution in [0.4, 0.5) is 5.69 Å². The van der Waals surface area contributed by atoms with Crippen LogP contribution in [0.25, 0.3) is 0 Å². The number of esters is 1. The third-order valence-corrected chi connectivity index (χ3v) is 5.00. The normalized spacial score (nSPS) is 17.3. The van der Waals surface area contributed by atoms with E-state index in [9.17, 15) is 9.59 Å². The number of rotatable bonds is 5. The molecule has 2 aromatic rings. The van der Waals surface area contributed by atoms with E-state index < -0.39 is 5.97 Å². The lowest BCUT2D eigenvalue weighted by Gasteiger charge is -2.32. The largest absolute Gasteiger partial charge is 0.465 e.